The van der Waals surface area contributed by atoms with E-state index in [0.29, 0.717) is 23.8 Å². The van der Waals surface area contributed by atoms with Crippen molar-refractivity contribution in [2.45, 2.75) is 12.8 Å². The van der Waals surface area contributed by atoms with Crippen molar-refractivity contribution in [3.8, 4) is 11.5 Å². The van der Waals surface area contributed by atoms with Gasteiger partial charge in [0.1, 0.15) is 21.7 Å². The Morgan fingerprint density at radius 3 is 2.68 bits per heavy atom. The van der Waals surface area contributed by atoms with Gasteiger partial charge in [0.15, 0.2) is 5.13 Å². The molecule has 0 aliphatic carbocycles. The van der Waals surface area contributed by atoms with E-state index in [4.69, 9.17) is 19.2 Å². The summed E-state index contributed by atoms with van der Waals surface area (Å²) in [6.45, 7) is 4.99. The van der Waals surface area contributed by atoms with E-state index >= 15 is 0 Å². The van der Waals surface area contributed by atoms with Crippen molar-refractivity contribution in [3.63, 3.8) is 0 Å². The Morgan fingerprint density at radius 1 is 1.19 bits per heavy atom. The van der Waals surface area contributed by atoms with Crippen LogP contribution in [-0.4, -0.2) is 69.4 Å². The molecule has 1 saturated heterocycles. The third-order valence-electron chi connectivity index (χ3n) is 5.30. The number of thiophene rings is 1. The predicted molar refractivity (Wildman–Crippen MR) is 125 cm³/mol. The molecule has 0 atom stereocenters. The number of anilines is 1. The number of carbonyl (C=O) groups excluding carboxylic acids is 1. The number of morpholine rings is 1. The highest BCUT2D eigenvalue weighted by Crippen LogP contribution is 2.40. The largest absolute Gasteiger partial charge is 0.495 e. The minimum Gasteiger partial charge on any atom is -0.495 e. The minimum atomic E-state index is 0.0569. The third-order valence-corrected chi connectivity index (χ3v) is 7.27. The molecule has 1 fully saturated rings. The van der Waals surface area contributed by atoms with Gasteiger partial charge in [-0.25, -0.2) is 4.98 Å². The molecule has 0 radical (unpaired) electrons. The molecule has 1 aliphatic rings. The predicted octanol–water partition coefficient (Wildman–Crippen LogP) is 3.67. The van der Waals surface area contributed by atoms with Gasteiger partial charge in [-0.15, -0.1) is 11.3 Å². The van der Waals surface area contributed by atoms with Gasteiger partial charge in [-0.05, 0) is 30.0 Å². The van der Waals surface area contributed by atoms with E-state index in [9.17, 15) is 4.79 Å². The summed E-state index contributed by atoms with van der Waals surface area (Å²) < 4.78 is 17.3. The van der Waals surface area contributed by atoms with Gasteiger partial charge < -0.3 is 14.2 Å². The zero-order valence-electron chi connectivity index (χ0n) is 17.8. The maximum Gasteiger partial charge on any atom is 0.234 e. The Hall–Kier alpha value is -2.20. The summed E-state index contributed by atoms with van der Waals surface area (Å²) >= 11 is 3.07. The molecule has 166 valence electrons. The number of amides is 1. The van der Waals surface area contributed by atoms with Gasteiger partial charge in [0.25, 0.3) is 0 Å². The van der Waals surface area contributed by atoms with Crippen LogP contribution in [-0.2, 0) is 16.0 Å². The van der Waals surface area contributed by atoms with Gasteiger partial charge in [0, 0.05) is 31.1 Å². The first kappa shape index (κ1) is 22.0. The third kappa shape index (κ3) is 5.17. The molecule has 1 aromatic carbocycles. The summed E-state index contributed by atoms with van der Waals surface area (Å²) in [7, 11) is 3.27. The minimum absolute atomic E-state index is 0.0569. The van der Waals surface area contributed by atoms with Gasteiger partial charge in [0.2, 0.25) is 5.91 Å². The zero-order chi connectivity index (χ0) is 21.6. The van der Waals surface area contributed by atoms with E-state index in [1.54, 1.807) is 25.6 Å². The summed E-state index contributed by atoms with van der Waals surface area (Å²) in [5.41, 5.74) is 0.726. The van der Waals surface area contributed by atoms with Gasteiger partial charge in [-0.3, -0.25) is 14.6 Å². The maximum atomic E-state index is 13.3. The van der Waals surface area contributed by atoms with Crippen LogP contribution < -0.4 is 14.4 Å². The van der Waals surface area contributed by atoms with Crippen LogP contribution in [0.4, 0.5) is 5.13 Å². The normalized spacial score (nSPS) is 14.6. The Balaban J connectivity index is 1.58. The van der Waals surface area contributed by atoms with Crippen LogP contribution in [0.5, 0.6) is 11.5 Å². The lowest BCUT2D eigenvalue weighted by atomic mass is 10.2. The average molecular weight is 462 g/mol. The SMILES string of the molecule is COc1ccc(OC)c2sc(N(CCCN3CCOCC3)C(=O)Cc3cccs3)nc12. The summed E-state index contributed by atoms with van der Waals surface area (Å²) in [5, 5.41) is 2.68. The highest BCUT2D eigenvalue weighted by molar-refractivity contribution is 7.22. The second kappa shape index (κ2) is 10.4. The fourth-order valence-electron chi connectivity index (χ4n) is 3.65. The van der Waals surface area contributed by atoms with Crippen molar-refractivity contribution in [3.05, 3.63) is 34.5 Å². The smallest absolute Gasteiger partial charge is 0.234 e. The van der Waals surface area contributed by atoms with E-state index in [-0.39, 0.29) is 5.91 Å². The molecule has 0 spiro atoms. The molecule has 4 rings (SSSR count). The molecule has 9 heteroatoms. The average Bonchev–Trinajstić information content (AvgIpc) is 3.46. The van der Waals surface area contributed by atoms with Gasteiger partial charge >= 0.3 is 0 Å². The number of rotatable bonds is 9. The summed E-state index contributed by atoms with van der Waals surface area (Å²) in [4.78, 5) is 23.3. The lowest BCUT2D eigenvalue weighted by Crippen LogP contribution is -2.39. The standard InChI is InChI=1S/C22H27N3O4S2/c1-27-17-6-7-18(28-2)21-20(17)23-22(31-21)25(19(26)15-16-5-3-14-30-16)9-4-8-24-10-12-29-13-11-24/h3,5-7,14H,4,8-13,15H2,1-2H3. The molecule has 31 heavy (non-hydrogen) atoms. The zero-order valence-corrected chi connectivity index (χ0v) is 19.5. The molecule has 0 N–H and O–H groups in total. The number of fused-ring (bicyclic) bond motifs is 1. The van der Waals surface area contributed by atoms with Gasteiger partial charge in [-0.2, -0.15) is 0 Å². The second-order valence-electron chi connectivity index (χ2n) is 7.25. The number of methoxy groups -OCH3 is 2. The highest BCUT2D eigenvalue weighted by Gasteiger charge is 2.23. The van der Waals surface area contributed by atoms with Crippen LogP contribution in [0.3, 0.4) is 0 Å². The van der Waals surface area contributed by atoms with Crippen molar-refractivity contribution in [1.29, 1.82) is 0 Å². The topological polar surface area (TPSA) is 64.1 Å². The first-order valence-electron chi connectivity index (χ1n) is 10.3. The number of ether oxygens (including phenoxy) is 3. The molecule has 1 aliphatic heterocycles. The Morgan fingerprint density at radius 2 is 1.97 bits per heavy atom. The quantitative estimate of drug-likeness (QED) is 0.485. The summed E-state index contributed by atoms with van der Waals surface area (Å²) in [5.74, 6) is 1.47. The van der Waals surface area contributed by atoms with Crippen molar-refractivity contribution in [2.75, 3.05) is 58.5 Å². The van der Waals surface area contributed by atoms with E-state index in [0.717, 1.165) is 60.1 Å². The molecule has 7 nitrogen and oxygen atoms in total. The van der Waals surface area contributed by atoms with E-state index < -0.39 is 0 Å². The second-order valence-corrected chi connectivity index (χ2v) is 9.26. The number of hydrogen-bond donors (Lipinski definition) is 0. The fraction of sp³-hybridized carbons (Fsp3) is 0.455. The monoisotopic (exact) mass is 461 g/mol. The Labute approximate surface area is 190 Å². The highest BCUT2D eigenvalue weighted by atomic mass is 32.1. The Kier molecular flexibility index (Phi) is 7.39. The number of hydrogen-bond acceptors (Lipinski definition) is 8. The Bertz CT molecular complexity index is 959. The molecule has 3 heterocycles. The number of benzene rings is 1. The van der Waals surface area contributed by atoms with Crippen LogP contribution in [0.1, 0.15) is 11.3 Å². The maximum absolute atomic E-state index is 13.3. The number of carbonyl (C=O) groups is 1. The van der Waals surface area contributed by atoms with Crippen LogP contribution in [0.25, 0.3) is 10.2 Å². The molecule has 1 amide bonds. The van der Waals surface area contributed by atoms with Crippen LogP contribution in [0, 0.1) is 0 Å². The molecule has 0 bridgehead atoms. The first-order valence-corrected chi connectivity index (χ1v) is 12.0. The van der Waals surface area contributed by atoms with Crippen molar-refractivity contribution < 1.29 is 19.0 Å². The van der Waals surface area contributed by atoms with E-state index in [1.165, 1.54) is 11.3 Å². The summed E-state index contributed by atoms with van der Waals surface area (Å²) in [6.07, 6.45) is 1.25. The van der Waals surface area contributed by atoms with E-state index in [1.807, 2.05) is 34.5 Å². The van der Waals surface area contributed by atoms with Crippen LogP contribution >= 0.6 is 22.7 Å². The molecule has 2 aromatic heterocycles. The fourth-order valence-corrected chi connectivity index (χ4v) is 5.47. The summed E-state index contributed by atoms with van der Waals surface area (Å²) in [6, 6.07) is 7.70. The van der Waals surface area contributed by atoms with Crippen molar-refractivity contribution in [2.24, 2.45) is 0 Å². The number of nitrogens with zero attached hydrogens (tertiary/aromatic N) is 3. The van der Waals surface area contributed by atoms with Crippen molar-refractivity contribution >= 4 is 43.9 Å². The van der Waals surface area contributed by atoms with Crippen LogP contribution in [0.2, 0.25) is 0 Å². The van der Waals surface area contributed by atoms with Crippen molar-refractivity contribution in [1.82, 2.24) is 9.88 Å². The van der Waals surface area contributed by atoms with Crippen LogP contribution in [0.15, 0.2) is 29.6 Å². The number of thiazole rings is 1. The van der Waals surface area contributed by atoms with Gasteiger partial charge in [0.05, 0.1) is 33.9 Å². The first-order chi connectivity index (χ1) is 15.2. The lowest BCUT2D eigenvalue weighted by molar-refractivity contribution is -0.118. The number of aromatic nitrogens is 1. The van der Waals surface area contributed by atoms with E-state index in [2.05, 4.69) is 4.90 Å². The molecule has 0 unspecified atom stereocenters. The molecular weight excluding hydrogens is 434 g/mol. The lowest BCUT2D eigenvalue weighted by Gasteiger charge is -2.27. The molecule has 3 aromatic rings. The molecule has 0 saturated carbocycles. The molecular formula is C22H27N3O4S2. The van der Waals surface area contributed by atoms with Gasteiger partial charge in [-0.1, -0.05) is 17.4 Å².